The summed E-state index contributed by atoms with van der Waals surface area (Å²) in [5, 5.41) is 7.93. The lowest BCUT2D eigenvalue weighted by molar-refractivity contribution is -0.123. The number of aromatic nitrogens is 1. The van der Waals surface area contributed by atoms with Crippen LogP contribution < -0.4 is 5.32 Å². The van der Waals surface area contributed by atoms with Gasteiger partial charge in [0.25, 0.3) is 0 Å². The first-order valence-corrected chi connectivity index (χ1v) is 9.70. The third kappa shape index (κ3) is 4.10. The highest BCUT2D eigenvalue weighted by molar-refractivity contribution is 6.30. The van der Waals surface area contributed by atoms with Crippen LogP contribution in [0.3, 0.4) is 0 Å². The Morgan fingerprint density at radius 1 is 1.27 bits per heavy atom. The highest BCUT2D eigenvalue weighted by Crippen LogP contribution is 2.48. The molecule has 0 radical (unpaired) electrons. The Balaban J connectivity index is 1.58. The van der Waals surface area contributed by atoms with E-state index in [0.29, 0.717) is 17.3 Å². The van der Waals surface area contributed by atoms with Crippen molar-refractivity contribution in [2.24, 2.45) is 0 Å². The summed E-state index contributed by atoms with van der Waals surface area (Å²) in [5.41, 5.74) is 1.12. The molecular weight excluding hydrogens is 350 g/mol. The third-order valence-corrected chi connectivity index (χ3v) is 5.40. The number of nitrogens with one attached hydrogen (secondary N) is 1. The molecule has 1 saturated carbocycles. The van der Waals surface area contributed by atoms with Gasteiger partial charge < -0.3 is 14.7 Å². The van der Waals surface area contributed by atoms with Crippen LogP contribution in [0.1, 0.15) is 38.8 Å². The second-order valence-electron chi connectivity index (χ2n) is 6.80. The highest BCUT2D eigenvalue weighted by atomic mass is 35.5. The predicted molar refractivity (Wildman–Crippen MR) is 103 cm³/mol. The van der Waals surface area contributed by atoms with Gasteiger partial charge in [0.15, 0.2) is 5.76 Å². The first-order chi connectivity index (χ1) is 12.6. The van der Waals surface area contributed by atoms with Crippen LogP contribution in [-0.2, 0) is 10.2 Å². The molecule has 6 heteroatoms. The van der Waals surface area contributed by atoms with Crippen molar-refractivity contribution in [2.45, 2.75) is 38.5 Å². The normalized spacial score (nSPS) is 15.2. The maximum Gasteiger partial charge on any atom is 0.232 e. The zero-order chi connectivity index (χ0) is 18.6. The molecule has 0 unspecified atom stereocenters. The van der Waals surface area contributed by atoms with E-state index in [1.165, 1.54) is 0 Å². The molecule has 0 aliphatic heterocycles. The first-order valence-electron chi connectivity index (χ1n) is 9.33. The molecule has 1 aliphatic rings. The topological polar surface area (TPSA) is 58.4 Å². The minimum Gasteiger partial charge on any atom is -0.356 e. The number of carbonyl (C=O) groups is 1. The number of hydrogen-bond donors (Lipinski definition) is 1. The van der Waals surface area contributed by atoms with Gasteiger partial charge >= 0.3 is 0 Å². The third-order valence-electron chi connectivity index (χ3n) is 5.14. The lowest BCUT2D eigenvalue weighted by Crippen LogP contribution is -2.36. The fourth-order valence-corrected chi connectivity index (χ4v) is 3.32. The first kappa shape index (κ1) is 18.9. The lowest BCUT2D eigenvalue weighted by atomic mass is 10.0. The second kappa shape index (κ2) is 8.23. The molecule has 1 aromatic carbocycles. The SMILES string of the molecule is CCN(CC)CCCNC(=O)C1(c2cc(-c3ccc(Cl)cc3)on2)CC1. The van der Waals surface area contributed by atoms with Crippen molar-refractivity contribution in [3.05, 3.63) is 41.0 Å². The van der Waals surface area contributed by atoms with Crippen molar-refractivity contribution < 1.29 is 9.32 Å². The van der Waals surface area contributed by atoms with Crippen molar-refractivity contribution in [3.63, 3.8) is 0 Å². The smallest absolute Gasteiger partial charge is 0.232 e. The Kier molecular flexibility index (Phi) is 5.99. The van der Waals surface area contributed by atoms with Gasteiger partial charge in [0.05, 0.1) is 11.1 Å². The van der Waals surface area contributed by atoms with E-state index in [0.717, 1.165) is 50.2 Å². The fraction of sp³-hybridized carbons (Fsp3) is 0.500. The second-order valence-corrected chi connectivity index (χ2v) is 7.24. The van der Waals surface area contributed by atoms with E-state index in [2.05, 4.69) is 29.2 Å². The van der Waals surface area contributed by atoms with Crippen LogP contribution in [-0.4, -0.2) is 42.1 Å². The summed E-state index contributed by atoms with van der Waals surface area (Å²) in [4.78, 5) is 15.0. The van der Waals surface area contributed by atoms with Gasteiger partial charge in [-0.05, 0) is 63.2 Å². The van der Waals surface area contributed by atoms with Crippen molar-refractivity contribution >= 4 is 17.5 Å². The molecule has 1 fully saturated rings. The minimum atomic E-state index is -0.511. The van der Waals surface area contributed by atoms with Crippen LogP contribution >= 0.6 is 11.6 Å². The van der Waals surface area contributed by atoms with Gasteiger partial charge in [-0.15, -0.1) is 0 Å². The number of amides is 1. The Hall–Kier alpha value is -1.85. The molecule has 1 amide bonds. The van der Waals surface area contributed by atoms with Gasteiger partial charge in [-0.3, -0.25) is 4.79 Å². The van der Waals surface area contributed by atoms with Gasteiger partial charge in [-0.1, -0.05) is 30.6 Å². The molecule has 2 aromatic rings. The zero-order valence-corrected chi connectivity index (χ0v) is 16.2. The van der Waals surface area contributed by atoms with E-state index in [1.54, 1.807) is 0 Å². The Labute approximate surface area is 159 Å². The number of hydrogen-bond acceptors (Lipinski definition) is 4. The molecule has 1 aliphatic carbocycles. The monoisotopic (exact) mass is 375 g/mol. The summed E-state index contributed by atoms with van der Waals surface area (Å²) in [6.45, 7) is 8.10. The standard InChI is InChI=1S/C20H26ClN3O2/c1-3-24(4-2)13-5-12-22-19(25)20(10-11-20)18-14-17(26-23-18)15-6-8-16(21)9-7-15/h6-9,14H,3-5,10-13H2,1-2H3,(H,22,25). The Morgan fingerprint density at radius 3 is 2.58 bits per heavy atom. The maximum absolute atomic E-state index is 12.7. The van der Waals surface area contributed by atoms with Crippen molar-refractivity contribution in [3.8, 4) is 11.3 Å². The van der Waals surface area contributed by atoms with Crippen LogP contribution in [0.4, 0.5) is 0 Å². The van der Waals surface area contributed by atoms with E-state index >= 15 is 0 Å². The molecule has 5 nitrogen and oxygen atoms in total. The van der Waals surface area contributed by atoms with Crippen LogP contribution in [0, 0.1) is 0 Å². The summed E-state index contributed by atoms with van der Waals surface area (Å²) in [7, 11) is 0. The molecule has 26 heavy (non-hydrogen) atoms. The number of nitrogens with zero attached hydrogens (tertiary/aromatic N) is 2. The summed E-state index contributed by atoms with van der Waals surface area (Å²) >= 11 is 5.92. The molecule has 3 rings (SSSR count). The predicted octanol–water partition coefficient (Wildman–Crippen LogP) is 3.87. The van der Waals surface area contributed by atoms with Crippen LogP contribution in [0.2, 0.25) is 5.02 Å². The molecule has 140 valence electrons. The van der Waals surface area contributed by atoms with Crippen molar-refractivity contribution in [1.82, 2.24) is 15.4 Å². The van der Waals surface area contributed by atoms with Gasteiger partial charge in [-0.2, -0.15) is 0 Å². The molecule has 1 N–H and O–H groups in total. The van der Waals surface area contributed by atoms with E-state index in [1.807, 2.05) is 30.3 Å². The van der Waals surface area contributed by atoms with Crippen molar-refractivity contribution in [1.29, 1.82) is 0 Å². The number of benzene rings is 1. The average Bonchev–Trinajstić information content (AvgIpc) is 3.32. The quantitative estimate of drug-likeness (QED) is 0.676. The zero-order valence-electron chi connectivity index (χ0n) is 15.4. The number of halogens is 1. The molecule has 1 aromatic heterocycles. The lowest BCUT2D eigenvalue weighted by Gasteiger charge is -2.18. The maximum atomic E-state index is 12.7. The molecule has 0 bridgehead atoms. The fourth-order valence-electron chi connectivity index (χ4n) is 3.19. The molecule has 0 spiro atoms. The van der Waals surface area contributed by atoms with Gasteiger partial charge in [0, 0.05) is 23.2 Å². The van der Waals surface area contributed by atoms with Gasteiger partial charge in [0.2, 0.25) is 5.91 Å². The largest absolute Gasteiger partial charge is 0.356 e. The van der Waals surface area contributed by atoms with E-state index < -0.39 is 5.41 Å². The molecular formula is C20H26ClN3O2. The molecule has 0 atom stereocenters. The van der Waals surface area contributed by atoms with Crippen molar-refractivity contribution in [2.75, 3.05) is 26.2 Å². The molecule has 0 saturated heterocycles. The highest BCUT2D eigenvalue weighted by Gasteiger charge is 2.53. The van der Waals surface area contributed by atoms with Crippen LogP contribution in [0.15, 0.2) is 34.9 Å². The summed E-state index contributed by atoms with van der Waals surface area (Å²) in [6.07, 6.45) is 2.60. The molecule has 1 heterocycles. The summed E-state index contributed by atoms with van der Waals surface area (Å²) in [5.74, 6) is 0.727. The number of rotatable bonds is 9. The van der Waals surface area contributed by atoms with Crippen LogP contribution in [0.25, 0.3) is 11.3 Å². The van der Waals surface area contributed by atoms with Gasteiger partial charge in [0.1, 0.15) is 0 Å². The van der Waals surface area contributed by atoms with E-state index in [-0.39, 0.29) is 5.91 Å². The van der Waals surface area contributed by atoms with E-state index in [9.17, 15) is 4.79 Å². The Morgan fingerprint density at radius 2 is 1.96 bits per heavy atom. The van der Waals surface area contributed by atoms with Gasteiger partial charge in [-0.25, -0.2) is 0 Å². The Bertz CT molecular complexity index is 734. The average molecular weight is 376 g/mol. The van der Waals surface area contributed by atoms with E-state index in [4.69, 9.17) is 16.1 Å². The van der Waals surface area contributed by atoms with Crippen LogP contribution in [0.5, 0.6) is 0 Å². The minimum absolute atomic E-state index is 0.0630. The number of carbonyl (C=O) groups excluding carboxylic acids is 1. The summed E-state index contributed by atoms with van der Waals surface area (Å²) in [6, 6.07) is 9.29. The summed E-state index contributed by atoms with van der Waals surface area (Å²) < 4.78 is 5.47.